The third-order valence-electron chi connectivity index (χ3n) is 3.16. The van der Waals surface area contributed by atoms with Crippen molar-refractivity contribution in [3.63, 3.8) is 0 Å². The zero-order valence-corrected chi connectivity index (χ0v) is 13.4. The van der Waals surface area contributed by atoms with Gasteiger partial charge in [0.15, 0.2) is 0 Å². The van der Waals surface area contributed by atoms with Gasteiger partial charge in [-0.2, -0.15) is 9.57 Å². The molecule has 0 aliphatic carbocycles. The Morgan fingerprint density at radius 2 is 1.81 bits per heavy atom. The Bertz CT molecular complexity index is 656. The molecule has 0 spiro atoms. The molecule has 0 aromatic carbocycles. The maximum absolute atomic E-state index is 12.7. The Labute approximate surface area is 125 Å². The number of sulfonamides is 1. The van der Waals surface area contributed by atoms with E-state index in [1.54, 1.807) is 0 Å². The molecule has 1 fully saturated rings. The van der Waals surface area contributed by atoms with Crippen LogP contribution in [0.15, 0.2) is 23.2 Å². The molecule has 0 atom stereocenters. The summed E-state index contributed by atoms with van der Waals surface area (Å²) < 4.78 is 32.7. The Kier molecular flexibility index (Phi) is 3.82. The quantitative estimate of drug-likeness (QED) is 0.827. The summed E-state index contributed by atoms with van der Waals surface area (Å²) in [6.07, 6.45) is 1.23. The average molecular weight is 309 g/mol. The summed E-state index contributed by atoms with van der Waals surface area (Å²) >= 11 is 0. The maximum Gasteiger partial charge on any atom is 0.244 e. The molecule has 1 aromatic rings. The standard InChI is InChI=1S/C14H19N3O3S/c1-13(2)9-17(10-14(3,4)20-13)21(18,19)12-6-5-11(7-15)16-8-12/h5-6,8H,9-10H2,1-4H3. The minimum absolute atomic E-state index is 0.0926. The van der Waals surface area contributed by atoms with Crippen molar-refractivity contribution in [2.24, 2.45) is 0 Å². The van der Waals surface area contributed by atoms with Gasteiger partial charge in [0.25, 0.3) is 0 Å². The molecule has 6 nitrogen and oxygen atoms in total. The number of nitriles is 1. The van der Waals surface area contributed by atoms with Gasteiger partial charge in [-0.3, -0.25) is 0 Å². The van der Waals surface area contributed by atoms with Crippen LogP contribution in [-0.2, 0) is 14.8 Å². The molecule has 7 heteroatoms. The predicted molar refractivity (Wildman–Crippen MR) is 77.0 cm³/mol. The second-order valence-electron chi connectivity index (χ2n) is 6.39. The summed E-state index contributed by atoms with van der Waals surface area (Å²) in [5.41, 5.74) is -0.930. The number of aromatic nitrogens is 1. The Morgan fingerprint density at radius 3 is 2.24 bits per heavy atom. The van der Waals surface area contributed by atoms with E-state index in [2.05, 4.69) is 4.98 Å². The van der Waals surface area contributed by atoms with Gasteiger partial charge in [0.1, 0.15) is 16.7 Å². The SMILES string of the molecule is CC1(C)CN(S(=O)(=O)c2ccc(C#N)nc2)CC(C)(C)O1. The van der Waals surface area contributed by atoms with E-state index in [1.807, 2.05) is 33.8 Å². The summed E-state index contributed by atoms with van der Waals surface area (Å²) in [5, 5.41) is 8.73. The van der Waals surface area contributed by atoms with Crippen molar-refractivity contribution in [3.8, 4) is 6.07 Å². The van der Waals surface area contributed by atoms with E-state index >= 15 is 0 Å². The first-order chi connectivity index (χ1) is 9.56. The number of ether oxygens (including phenoxy) is 1. The molecule has 0 unspecified atom stereocenters. The second-order valence-corrected chi connectivity index (χ2v) is 8.32. The minimum atomic E-state index is -3.65. The maximum atomic E-state index is 12.7. The van der Waals surface area contributed by atoms with Gasteiger partial charge < -0.3 is 4.74 Å². The largest absolute Gasteiger partial charge is 0.367 e. The van der Waals surface area contributed by atoms with Gasteiger partial charge in [0.05, 0.1) is 11.2 Å². The summed E-state index contributed by atoms with van der Waals surface area (Å²) in [5.74, 6) is 0. The predicted octanol–water partition coefficient (Wildman–Crippen LogP) is 1.53. The first-order valence-corrected chi connectivity index (χ1v) is 8.06. The third-order valence-corrected chi connectivity index (χ3v) is 4.93. The van der Waals surface area contributed by atoms with Crippen molar-refractivity contribution >= 4 is 10.0 Å². The second kappa shape index (κ2) is 5.05. The Morgan fingerprint density at radius 1 is 1.24 bits per heavy atom. The van der Waals surface area contributed by atoms with Crippen LogP contribution in [0.5, 0.6) is 0 Å². The summed E-state index contributed by atoms with van der Waals surface area (Å²) in [6, 6.07) is 4.69. The molecule has 114 valence electrons. The van der Waals surface area contributed by atoms with Crippen LogP contribution >= 0.6 is 0 Å². The van der Waals surface area contributed by atoms with Crippen LogP contribution in [0.1, 0.15) is 33.4 Å². The fourth-order valence-corrected chi connectivity index (χ4v) is 4.32. The number of hydrogen-bond donors (Lipinski definition) is 0. The molecule has 1 aliphatic rings. The lowest BCUT2D eigenvalue weighted by molar-refractivity contribution is -0.163. The summed E-state index contributed by atoms with van der Waals surface area (Å²) in [4.78, 5) is 3.93. The number of nitrogens with zero attached hydrogens (tertiary/aromatic N) is 3. The normalized spacial score (nSPS) is 21.7. The fraction of sp³-hybridized carbons (Fsp3) is 0.571. The lowest BCUT2D eigenvalue weighted by Crippen LogP contribution is -2.58. The van der Waals surface area contributed by atoms with Crippen LogP contribution in [-0.4, -0.2) is 42.0 Å². The summed E-state index contributed by atoms with van der Waals surface area (Å²) in [6.45, 7) is 8.03. The zero-order chi connectivity index (χ0) is 15.9. The van der Waals surface area contributed by atoms with Gasteiger partial charge in [-0.25, -0.2) is 13.4 Å². The third kappa shape index (κ3) is 3.40. The van der Waals surface area contributed by atoms with Crippen molar-refractivity contribution in [2.75, 3.05) is 13.1 Å². The smallest absolute Gasteiger partial charge is 0.244 e. The molecule has 2 rings (SSSR count). The molecular weight excluding hydrogens is 290 g/mol. The first-order valence-electron chi connectivity index (χ1n) is 6.62. The molecule has 1 aliphatic heterocycles. The minimum Gasteiger partial charge on any atom is -0.367 e. The van der Waals surface area contributed by atoms with E-state index in [9.17, 15) is 8.42 Å². The molecule has 0 radical (unpaired) electrons. The zero-order valence-electron chi connectivity index (χ0n) is 12.6. The van der Waals surface area contributed by atoms with Gasteiger partial charge in [-0.05, 0) is 39.8 Å². The van der Waals surface area contributed by atoms with Gasteiger partial charge in [0, 0.05) is 19.3 Å². The Hall–Kier alpha value is -1.49. The molecule has 0 bridgehead atoms. The van der Waals surface area contributed by atoms with E-state index in [4.69, 9.17) is 10.00 Å². The lowest BCUT2D eigenvalue weighted by Gasteiger charge is -2.46. The van der Waals surface area contributed by atoms with Crippen LogP contribution in [0.4, 0.5) is 0 Å². The van der Waals surface area contributed by atoms with Gasteiger partial charge in [0.2, 0.25) is 10.0 Å². The Balaban J connectivity index is 2.36. The van der Waals surface area contributed by atoms with Gasteiger partial charge in [-0.15, -0.1) is 0 Å². The molecule has 21 heavy (non-hydrogen) atoms. The van der Waals surface area contributed by atoms with Crippen LogP contribution < -0.4 is 0 Å². The van der Waals surface area contributed by atoms with Gasteiger partial charge in [-0.1, -0.05) is 0 Å². The van der Waals surface area contributed by atoms with Gasteiger partial charge >= 0.3 is 0 Å². The van der Waals surface area contributed by atoms with Crippen molar-refractivity contribution in [1.82, 2.24) is 9.29 Å². The van der Waals surface area contributed by atoms with Crippen molar-refractivity contribution < 1.29 is 13.2 Å². The van der Waals surface area contributed by atoms with Crippen LogP contribution in [0.3, 0.4) is 0 Å². The number of rotatable bonds is 2. The van der Waals surface area contributed by atoms with Crippen molar-refractivity contribution in [1.29, 1.82) is 5.26 Å². The van der Waals surface area contributed by atoms with Crippen molar-refractivity contribution in [3.05, 3.63) is 24.0 Å². The van der Waals surface area contributed by atoms with Crippen molar-refractivity contribution in [2.45, 2.75) is 43.8 Å². The molecule has 0 N–H and O–H groups in total. The average Bonchev–Trinajstić information content (AvgIpc) is 2.35. The lowest BCUT2D eigenvalue weighted by atomic mass is 10.0. The highest BCUT2D eigenvalue weighted by atomic mass is 32.2. The fourth-order valence-electron chi connectivity index (χ4n) is 2.64. The molecule has 0 amide bonds. The molecule has 1 saturated heterocycles. The number of hydrogen-bond acceptors (Lipinski definition) is 5. The highest BCUT2D eigenvalue weighted by Gasteiger charge is 2.43. The molecule has 0 saturated carbocycles. The first kappa shape index (κ1) is 15.9. The number of morpholine rings is 1. The molecular formula is C14H19N3O3S. The van der Waals surface area contributed by atoms with Crippen LogP contribution in [0, 0.1) is 11.3 Å². The monoisotopic (exact) mass is 309 g/mol. The number of pyridine rings is 1. The topological polar surface area (TPSA) is 83.3 Å². The van der Waals surface area contributed by atoms with E-state index in [0.29, 0.717) is 0 Å². The van der Waals surface area contributed by atoms with Crippen LogP contribution in [0.2, 0.25) is 0 Å². The highest BCUT2D eigenvalue weighted by molar-refractivity contribution is 7.89. The van der Waals surface area contributed by atoms with E-state index < -0.39 is 21.2 Å². The van der Waals surface area contributed by atoms with Crippen LogP contribution in [0.25, 0.3) is 0 Å². The summed E-state index contributed by atoms with van der Waals surface area (Å²) in [7, 11) is -3.65. The van der Waals surface area contributed by atoms with E-state index in [-0.39, 0.29) is 23.7 Å². The highest BCUT2D eigenvalue weighted by Crippen LogP contribution is 2.31. The van der Waals surface area contributed by atoms with E-state index in [0.717, 1.165) is 0 Å². The molecule has 1 aromatic heterocycles. The van der Waals surface area contributed by atoms with E-state index in [1.165, 1.54) is 22.6 Å². The molecule has 2 heterocycles.